The molecule has 3 aromatic carbocycles. The van der Waals surface area contributed by atoms with Gasteiger partial charge in [0.05, 0.1) is 21.8 Å². The Morgan fingerprint density at radius 1 is 0.909 bits per heavy atom. The minimum atomic E-state index is -3.82. The lowest BCUT2D eigenvalue weighted by Crippen LogP contribution is -2.25. The molecule has 3 rings (SSSR count). The fraction of sp³-hybridized carbons (Fsp3) is 0.120. The molecule has 0 aliphatic rings. The van der Waals surface area contributed by atoms with Gasteiger partial charge >= 0.3 is 0 Å². The molecule has 0 unspecified atom stereocenters. The summed E-state index contributed by atoms with van der Waals surface area (Å²) in [7, 11) is -3.82. The van der Waals surface area contributed by atoms with Gasteiger partial charge in [-0.1, -0.05) is 42.0 Å². The number of para-hydroxylation sites is 1. The van der Waals surface area contributed by atoms with Crippen molar-refractivity contribution in [2.24, 2.45) is 0 Å². The van der Waals surface area contributed by atoms with Gasteiger partial charge in [-0.3, -0.25) is 14.3 Å². The SMILES string of the molecule is C=CCNC(=O)c1ccccc1NC(=O)c1ccc(C)c(NS(=O)(=O)c2ccc(C)cc2)c1. The summed E-state index contributed by atoms with van der Waals surface area (Å²) in [6.45, 7) is 7.48. The average Bonchev–Trinajstić information content (AvgIpc) is 2.79. The van der Waals surface area contributed by atoms with Crippen LogP contribution in [0.4, 0.5) is 11.4 Å². The number of aryl methyl sites for hydroxylation is 2. The van der Waals surface area contributed by atoms with Crippen molar-refractivity contribution in [2.75, 3.05) is 16.6 Å². The normalized spacial score (nSPS) is 10.8. The van der Waals surface area contributed by atoms with Gasteiger partial charge in [-0.05, 0) is 55.8 Å². The van der Waals surface area contributed by atoms with Crippen LogP contribution in [0, 0.1) is 13.8 Å². The number of anilines is 2. The van der Waals surface area contributed by atoms with Gasteiger partial charge in [0.15, 0.2) is 0 Å². The van der Waals surface area contributed by atoms with Crippen LogP contribution in [0.25, 0.3) is 0 Å². The van der Waals surface area contributed by atoms with Crippen LogP contribution < -0.4 is 15.4 Å². The van der Waals surface area contributed by atoms with E-state index in [1.807, 2.05) is 6.92 Å². The molecule has 0 aromatic heterocycles. The van der Waals surface area contributed by atoms with E-state index in [1.54, 1.807) is 61.5 Å². The number of rotatable bonds is 8. The van der Waals surface area contributed by atoms with E-state index in [1.165, 1.54) is 18.2 Å². The van der Waals surface area contributed by atoms with Crippen LogP contribution in [-0.4, -0.2) is 26.8 Å². The topological polar surface area (TPSA) is 104 Å². The Balaban J connectivity index is 1.84. The van der Waals surface area contributed by atoms with Gasteiger partial charge in [-0.15, -0.1) is 6.58 Å². The van der Waals surface area contributed by atoms with Gasteiger partial charge in [-0.2, -0.15) is 0 Å². The van der Waals surface area contributed by atoms with Crippen molar-refractivity contribution in [3.63, 3.8) is 0 Å². The Morgan fingerprint density at radius 2 is 1.61 bits per heavy atom. The molecule has 8 heteroatoms. The molecular weight excluding hydrogens is 438 g/mol. The molecule has 0 atom stereocenters. The van der Waals surface area contributed by atoms with Crippen LogP contribution in [0.5, 0.6) is 0 Å². The molecule has 7 nitrogen and oxygen atoms in total. The number of amides is 2. The molecular formula is C25H25N3O4S. The Labute approximate surface area is 193 Å². The molecule has 33 heavy (non-hydrogen) atoms. The first-order valence-electron chi connectivity index (χ1n) is 10.2. The van der Waals surface area contributed by atoms with Crippen LogP contribution in [0.15, 0.2) is 84.3 Å². The van der Waals surface area contributed by atoms with E-state index in [2.05, 4.69) is 21.9 Å². The van der Waals surface area contributed by atoms with Crippen molar-refractivity contribution in [2.45, 2.75) is 18.7 Å². The van der Waals surface area contributed by atoms with E-state index in [0.29, 0.717) is 29.0 Å². The third-order valence-corrected chi connectivity index (χ3v) is 6.28. The maximum atomic E-state index is 12.9. The van der Waals surface area contributed by atoms with Crippen LogP contribution in [-0.2, 0) is 10.0 Å². The number of hydrogen-bond acceptors (Lipinski definition) is 4. The summed E-state index contributed by atoms with van der Waals surface area (Å²) in [6, 6.07) is 17.8. The maximum Gasteiger partial charge on any atom is 0.261 e. The summed E-state index contributed by atoms with van der Waals surface area (Å²) in [6.07, 6.45) is 1.56. The molecule has 0 spiro atoms. The fourth-order valence-electron chi connectivity index (χ4n) is 3.04. The second kappa shape index (κ2) is 10.1. The summed E-state index contributed by atoms with van der Waals surface area (Å²) >= 11 is 0. The highest BCUT2D eigenvalue weighted by Gasteiger charge is 2.18. The average molecular weight is 464 g/mol. The van der Waals surface area contributed by atoms with Crippen molar-refractivity contribution in [1.82, 2.24) is 5.32 Å². The summed E-state index contributed by atoms with van der Waals surface area (Å²) in [4.78, 5) is 25.4. The molecule has 0 bridgehead atoms. The van der Waals surface area contributed by atoms with E-state index in [4.69, 9.17) is 0 Å². The number of nitrogens with one attached hydrogen (secondary N) is 3. The number of carbonyl (C=O) groups is 2. The second-order valence-corrected chi connectivity index (χ2v) is 9.13. The van der Waals surface area contributed by atoms with Crippen molar-refractivity contribution < 1.29 is 18.0 Å². The molecule has 0 radical (unpaired) electrons. The van der Waals surface area contributed by atoms with Crippen molar-refractivity contribution in [1.29, 1.82) is 0 Å². The molecule has 0 fully saturated rings. The van der Waals surface area contributed by atoms with E-state index < -0.39 is 15.9 Å². The predicted molar refractivity (Wildman–Crippen MR) is 130 cm³/mol. The van der Waals surface area contributed by atoms with Crippen molar-refractivity contribution >= 4 is 33.2 Å². The Kier molecular flexibility index (Phi) is 7.30. The van der Waals surface area contributed by atoms with E-state index >= 15 is 0 Å². The van der Waals surface area contributed by atoms with E-state index in [9.17, 15) is 18.0 Å². The molecule has 0 heterocycles. The zero-order valence-electron chi connectivity index (χ0n) is 18.4. The molecule has 3 N–H and O–H groups in total. The molecule has 0 saturated heterocycles. The zero-order chi connectivity index (χ0) is 24.0. The van der Waals surface area contributed by atoms with Gasteiger partial charge in [0.1, 0.15) is 0 Å². The summed E-state index contributed by atoms with van der Waals surface area (Å²) in [5, 5.41) is 5.41. The van der Waals surface area contributed by atoms with Crippen molar-refractivity contribution in [3.05, 3.63) is 102 Å². The van der Waals surface area contributed by atoms with Gasteiger partial charge in [-0.25, -0.2) is 8.42 Å². The van der Waals surface area contributed by atoms with Crippen LogP contribution in [0.3, 0.4) is 0 Å². The Hall–Kier alpha value is -3.91. The Morgan fingerprint density at radius 3 is 2.30 bits per heavy atom. The molecule has 0 aliphatic carbocycles. The highest BCUT2D eigenvalue weighted by Crippen LogP contribution is 2.23. The quantitative estimate of drug-likeness (QED) is 0.434. The van der Waals surface area contributed by atoms with Gasteiger partial charge in [0, 0.05) is 12.1 Å². The summed E-state index contributed by atoms with van der Waals surface area (Å²) in [5.41, 5.74) is 2.78. The molecule has 3 aromatic rings. The number of carbonyl (C=O) groups excluding carboxylic acids is 2. The van der Waals surface area contributed by atoms with Gasteiger partial charge < -0.3 is 10.6 Å². The smallest absolute Gasteiger partial charge is 0.261 e. The first kappa shape index (κ1) is 23.7. The van der Waals surface area contributed by atoms with E-state index in [0.717, 1.165) is 5.56 Å². The van der Waals surface area contributed by atoms with Crippen LogP contribution in [0.2, 0.25) is 0 Å². The molecule has 170 valence electrons. The van der Waals surface area contributed by atoms with Crippen molar-refractivity contribution in [3.8, 4) is 0 Å². The minimum Gasteiger partial charge on any atom is -0.349 e. The summed E-state index contributed by atoms with van der Waals surface area (Å²) < 4.78 is 28.1. The zero-order valence-corrected chi connectivity index (χ0v) is 19.2. The first-order chi connectivity index (χ1) is 15.7. The lowest BCUT2D eigenvalue weighted by atomic mass is 10.1. The third kappa shape index (κ3) is 5.87. The molecule has 2 amide bonds. The standard InChI is InChI=1S/C25H25N3O4S/c1-4-15-26-25(30)21-7-5-6-8-22(21)27-24(29)19-12-11-18(3)23(16-19)28-33(31,32)20-13-9-17(2)10-14-20/h4-14,16,28H,1,15H2,2-3H3,(H,26,30)(H,27,29). The highest BCUT2D eigenvalue weighted by molar-refractivity contribution is 7.92. The first-order valence-corrected chi connectivity index (χ1v) is 11.7. The molecule has 0 aliphatic heterocycles. The third-order valence-electron chi connectivity index (χ3n) is 4.90. The summed E-state index contributed by atoms with van der Waals surface area (Å²) in [5.74, 6) is -0.823. The van der Waals surface area contributed by atoms with Gasteiger partial charge in [0.25, 0.3) is 21.8 Å². The largest absolute Gasteiger partial charge is 0.349 e. The number of sulfonamides is 1. The molecule has 0 saturated carbocycles. The van der Waals surface area contributed by atoms with E-state index in [-0.39, 0.29) is 16.4 Å². The van der Waals surface area contributed by atoms with Gasteiger partial charge in [0.2, 0.25) is 0 Å². The second-order valence-electron chi connectivity index (χ2n) is 7.45. The lowest BCUT2D eigenvalue weighted by molar-refractivity contribution is 0.0959. The number of benzene rings is 3. The monoisotopic (exact) mass is 463 g/mol. The minimum absolute atomic E-state index is 0.127. The highest BCUT2D eigenvalue weighted by atomic mass is 32.2. The number of hydrogen-bond donors (Lipinski definition) is 3. The maximum absolute atomic E-state index is 12.9. The fourth-order valence-corrected chi connectivity index (χ4v) is 4.16. The Bertz CT molecular complexity index is 1300. The van der Waals surface area contributed by atoms with Crippen LogP contribution in [0.1, 0.15) is 31.8 Å². The van der Waals surface area contributed by atoms with Crippen LogP contribution >= 0.6 is 0 Å². The lowest BCUT2D eigenvalue weighted by Gasteiger charge is -2.14. The predicted octanol–water partition coefficient (Wildman–Crippen LogP) is 4.27.